The van der Waals surface area contributed by atoms with Gasteiger partial charge in [-0.2, -0.15) is 0 Å². The minimum absolute atomic E-state index is 0.0383. The second kappa shape index (κ2) is 59.0. The average molecular weight is 1070 g/mol. The maximum Gasteiger partial charge on any atom is 0.305 e. The molecule has 0 aromatic heterocycles. The highest BCUT2D eigenvalue weighted by atomic mass is 16.5. The second-order valence-electron chi connectivity index (χ2n) is 23.7. The lowest BCUT2D eigenvalue weighted by Gasteiger charge is -2.23. The number of rotatable bonds is 61. The van der Waals surface area contributed by atoms with Crippen LogP contribution < -0.4 is 5.32 Å². The number of ether oxygens (including phenoxy) is 2. The van der Waals surface area contributed by atoms with Crippen molar-refractivity contribution >= 4 is 23.8 Å². The molecule has 2 amide bonds. The van der Waals surface area contributed by atoms with Crippen LogP contribution in [0.4, 0.5) is 0 Å². The molecule has 0 aromatic carbocycles. The molecule has 2 atom stereocenters. The molecule has 0 spiro atoms. The summed E-state index contributed by atoms with van der Waals surface area (Å²) in [4.78, 5) is 55.6. The van der Waals surface area contributed by atoms with Crippen LogP contribution >= 0.6 is 0 Å². The molecule has 0 heterocycles. The van der Waals surface area contributed by atoms with Crippen LogP contribution in [0.15, 0.2) is 0 Å². The molecule has 0 radical (unpaired) electrons. The van der Waals surface area contributed by atoms with Gasteiger partial charge in [0.2, 0.25) is 11.8 Å². The fraction of sp³-hybridized carbons (Fsp3) is 0.940. The summed E-state index contributed by atoms with van der Waals surface area (Å²) in [5, 5.41) is 3.09. The Morgan fingerprint density at radius 3 is 1.08 bits per heavy atom. The van der Waals surface area contributed by atoms with E-state index in [1.807, 2.05) is 0 Å². The first-order valence-corrected chi connectivity index (χ1v) is 33.7. The molecule has 0 fully saturated rings. The molecule has 0 bridgehead atoms. The van der Waals surface area contributed by atoms with E-state index in [9.17, 15) is 19.2 Å². The molecular weight excluding hydrogens is 943 g/mol. The summed E-state index contributed by atoms with van der Waals surface area (Å²) in [6, 6.07) is 0. The van der Waals surface area contributed by atoms with Crippen LogP contribution in [-0.4, -0.2) is 86.5 Å². The Morgan fingerprint density at radius 2 is 0.645 bits per heavy atom. The number of nitrogens with one attached hydrogen (secondary N) is 1. The lowest BCUT2D eigenvalue weighted by atomic mass is 9.95. The molecule has 9 nitrogen and oxygen atoms in total. The minimum Gasteiger partial charge on any atom is -0.465 e. The molecule has 450 valence electrons. The van der Waals surface area contributed by atoms with Crippen molar-refractivity contribution in [2.24, 2.45) is 11.8 Å². The summed E-state index contributed by atoms with van der Waals surface area (Å²) in [7, 11) is 2.24. The van der Waals surface area contributed by atoms with E-state index in [2.05, 4.69) is 56.8 Å². The molecule has 76 heavy (non-hydrogen) atoms. The third kappa shape index (κ3) is 52.5. The van der Waals surface area contributed by atoms with E-state index < -0.39 is 0 Å². The first-order valence-electron chi connectivity index (χ1n) is 33.7. The number of carbonyl (C=O) groups is 4. The standard InChI is InChI=1S/C67H131N3O6/c1-7-12-17-22-26-36-49-62(47-34-19-14-9-3)60-75-66(73)53-40-32-42-55-68-64(71)51-38-28-24-30-43-56-69(6)57-44-31-25-29-39-52-65(72)70(58-45-21-16-11-5)59-46-33-41-54-67(74)76-61-63(48-35-20-15-10-4)50-37-27-23-18-13-8-2/h62-63H,7-61H2,1-6H3,(H,68,71). The molecule has 0 aliphatic carbocycles. The van der Waals surface area contributed by atoms with Crippen molar-refractivity contribution in [3.05, 3.63) is 0 Å². The highest BCUT2D eigenvalue weighted by Gasteiger charge is 2.16. The Labute approximate surface area is 473 Å². The molecule has 1 N–H and O–H groups in total. The van der Waals surface area contributed by atoms with Crippen LogP contribution in [0.3, 0.4) is 0 Å². The molecular formula is C67H131N3O6. The quantitative estimate of drug-likeness (QED) is 0.0478. The van der Waals surface area contributed by atoms with Gasteiger partial charge in [-0.05, 0) is 115 Å². The number of hydrogen-bond acceptors (Lipinski definition) is 7. The van der Waals surface area contributed by atoms with Gasteiger partial charge in [0.05, 0.1) is 13.2 Å². The third-order valence-electron chi connectivity index (χ3n) is 16.0. The lowest BCUT2D eigenvalue weighted by Crippen LogP contribution is -2.32. The van der Waals surface area contributed by atoms with Crippen LogP contribution in [0, 0.1) is 11.8 Å². The van der Waals surface area contributed by atoms with E-state index in [-0.39, 0.29) is 17.8 Å². The summed E-state index contributed by atoms with van der Waals surface area (Å²) in [5.74, 6) is 1.40. The van der Waals surface area contributed by atoms with E-state index >= 15 is 0 Å². The van der Waals surface area contributed by atoms with Crippen molar-refractivity contribution in [1.29, 1.82) is 0 Å². The van der Waals surface area contributed by atoms with Crippen LogP contribution in [-0.2, 0) is 28.7 Å². The fourth-order valence-electron chi connectivity index (χ4n) is 10.7. The molecule has 0 rings (SSSR count). The molecule has 0 saturated carbocycles. The van der Waals surface area contributed by atoms with E-state index in [0.29, 0.717) is 63.2 Å². The highest BCUT2D eigenvalue weighted by Crippen LogP contribution is 2.22. The summed E-state index contributed by atoms with van der Waals surface area (Å²) >= 11 is 0. The van der Waals surface area contributed by atoms with Gasteiger partial charge in [-0.15, -0.1) is 0 Å². The Balaban J connectivity index is 4.10. The monoisotopic (exact) mass is 1070 g/mol. The number of hydrogen-bond donors (Lipinski definition) is 1. The number of esters is 2. The van der Waals surface area contributed by atoms with Crippen LogP contribution in [0.25, 0.3) is 0 Å². The first-order chi connectivity index (χ1) is 37.2. The topological polar surface area (TPSA) is 105 Å². The normalized spacial score (nSPS) is 12.3. The SMILES string of the molecule is CCCCCCCCC(CCCCCC)COC(=O)CCCCCNC(=O)CCCCCCCN(C)CCCCCCCC(=O)N(CCCCCC)CCCCCC(=O)OCC(CCCCCC)CCCCCCCC. The lowest BCUT2D eigenvalue weighted by molar-refractivity contribution is -0.146. The summed E-state index contributed by atoms with van der Waals surface area (Å²) in [6.45, 7) is 17.1. The Kier molecular flexibility index (Phi) is 57.3. The predicted molar refractivity (Wildman–Crippen MR) is 326 cm³/mol. The average Bonchev–Trinajstić information content (AvgIpc) is 3.41. The number of carbonyl (C=O) groups excluding carboxylic acids is 4. The van der Waals surface area contributed by atoms with Gasteiger partial charge in [0, 0.05) is 45.3 Å². The zero-order chi connectivity index (χ0) is 55.6. The van der Waals surface area contributed by atoms with E-state index in [1.54, 1.807) is 0 Å². The Hall–Kier alpha value is -2.16. The second-order valence-corrected chi connectivity index (χ2v) is 23.7. The summed E-state index contributed by atoms with van der Waals surface area (Å²) < 4.78 is 11.6. The summed E-state index contributed by atoms with van der Waals surface area (Å²) in [6.07, 6.45) is 54.4. The van der Waals surface area contributed by atoms with Crippen molar-refractivity contribution in [1.82, 2.24) is 15.1 Å². The number of unbranched alkanes of at least 4 members (excludes halogenated alkanes) is 31. The maximum absolute atomic E-state index is 13.4. The molecule has 0 saturated heterocycles. The molecule has 0 aliphatic rings. The van der Waals surface area contributed by atoms with Gasteiger partial charge in [-0.1, -0.05) is 234 Å². The van der Waals surface area contributed by atoms with Crippen molar-refractivity contribution in [3.63, 3.8) is 0 Å². The fourth-order valence-corrected chi connectivity index (χ4v) is 10.7. The minimum atomic E-state index is -0.0539. The third-order valence-corrected chi connectivity index (χ3v) is 16.0. The van der Waals surface area contributed by atoms with Gasteiger partial charge in [-0.3, -0.25) is 19.2 Å². The number of amides is 2. The van der Waals surface area contributed by atoms with Gasteiger partial charge in [0.1, 0.15) is 0 Å². The van der Waals surface area contributed by atoms with Gasteiger partial charge in [-0.25, -0.2) is 0 Å². The van der Waals surface area contributed by atoms with Crippen molar-refractivity contribution in [3.8, 4) is 0 Å². The van der Waals surface area contributed by atoms with Gasteiger partial charge < -0.3 is 24.6 Å². The zero-order valence-electron chi connectivity index (χ0n) is 51.9. The van der Waals surface area contributed by atoms with Gasteiger partial charge in [0.25, 0.3) is 0 Å². The van der Waals surface area contributed by atoms with Crippen molar-refractivity contribution in [2.45, 2.75) is 343 Å². The molecule has 0 aromatic rings. The zero-order valence-corrected chi connectivity index (χ0v) is 51.9. The smallest absolute Gasteiger partial charge is 0.305 e. The largest absolute Gasteiger partial charge is 0.465 e. The van der Waals surface area contributed by atoms with Gasteiger partial charge >= 0.3 is 11.9 Å². The van der Waals surface area contributed by atoms with E-state index in [1.165, 1.54) is 212 Å². The molecule has 2 unspecified atom stereocenters. The van der Waals surface area contributed by atoms with Crippen LogP contribution in [0.1, 0.15) is 343 Å². The summed E-state index contributed by atoms with van der Waals surface area (Å²) in [5.41, 5.74) is 0. The Bertz CT molecular complexity index is 1260. The van der Waals surface area contributed by atoms with E-state index in [0.717, 1.165) is 96.8 Å². The van der Waals surface area contributed by atoms with Gasteiger partial charge in [0.15, 0.2) is 0 Å². The highest BCUT2D eigenvalue weighted by molar-refractivity contribution is 5.76. The van der Waals surface area contributed by atoms with Crippen LogP contribution in [0.5, 0.6) is 0 Å². The Morgan fingerprint density at radius 1 is 0.342 bits per heavy atom. The predicted octanol–water partition coefficient (Wildman–Crippen LogP) is 19.0. The van der Waals surface area contributed by atoms with Crippen LogP contribution in [0.2, 0.25) is 0 Å². The maximum atomic E-state index is 13.4. The molecule has 0 aliphatic heterocycles. The number of nitrogens with zero attached hydrogens (tertiary/aromatic N) is 2. The van der Waals surface area contributed by atoms with Crippen molar-refractivity contribution in [2.75, 3.05) is 53.0 Å². The molecule has 9 heteroatoms. The first kappa shape index (κ1) is 73.8. The van der Waals surface area contributed by atoms with Crippen molar-refractivity contribution < 1.29 is 28.7 Å². The van der Waals surface area contributed by atoms with E-state index in [4.69, 9.17) is 9.47 Å².